The fourth-order valence-corrected chi connectivity index (χ4v) is 1.90. The van der Waals surface area contributed by atoms with Gasteiger partial charge in [0, 0.05) is 25.7 Å². The molecule has 3 amide bonds. The molecule has 7 heteroatoms. The standard InChI is InChI=1S/C13H20N2O5/c14-10(16)6-4-2-1-3-5-7-13(19)20-15-11(17)8-9-12(15)18/h1-9H2,(H2,14,16). The summed E-state index contributed by atoms with van der Waals surface area (Å²) in [6.07, 6.45) is 4.78. The molecule has 0 aromatic heterocycles. The van der Waals surface area contributed by atoms with E-state index in [2.05, 4.69) is 0 Å². The average Bonchev–Trinajstić information content (AvgIpc) is 2.69. The minimum Gasteiger partial charge on any atom is -0.370 e. The Morgan fingerprint density at radius 1 is 0.950 bits per heavy atom. The van der Waals surface area contributed by atoms with Gasteiger partial charge < -0.3 is 10.6 Å². The molecule has 0 unspecified atom stereocenters. The average molecular weight is 284 g/mol. The van der Waals surface area contributed by atoms with Crippen molar-refractivity contribution in [2.24, 2.45) is 5.73 Å². The van der Waals surface area contributed by atoms with Gasteiger partial charge in [0.2, 0.25) is 5.91 Å². The number of unbranched alkanes of at least 4 members (excludes halogenated alkanes) is 4. The highest BCUT2D eigenvalue weighted by molar-refractivity contribution is 6.01. The monoisotopic (exact) mass is 284 g/mol. The van der Waals surface area contributed by atoms with Gasteiger partial charge in [-0.05, 0) is 12.8 Å². The van der Waals surface area contributed by atoms with Crippen molar-refractivity contribution >= 4 is 23.7 Å². The minimum atomic E-state index is -0.564. The molecule has 1 heterocycles. The molecular weight excluding hydrogens is 264 g/mol. The van der Waals surface area contributed by atoms with Crippen LogP contribution in [0, 0.1) is 0 Å². The third-order valence-corrected chi connectivity index (χ3v) is 3.00. The number of primary amides is 1. The number of hydroxylamine groups is 2. The molecule has 20 heavy (non-hydrogen) atoms. The topological polar surface area (TPSA) is 107 Å². The Kier molecular flexibility index (Phi) is 6.69. The molecule has 0 bridgehead atoms. The molecule has 1 saturated heterocycles. The van der Waals surface area contributed by atoms with Crippen molar-refractivity contribution in [3.05, 3.63) is 0 Å². The van der Waals surface area contributed by atoms with Crippen LogP contribution in [0.5, 0.6) is 0 Å². The van der Waals surface area contributed by atoms with Crippen LogP contribution >= 0.6 is 0 Å². The Balaban J connectivity index is 2.04. The minimum absolute atomic E-state index is 0.103. The van der Waals surface area contributed by atoms with Crippen molar-refractivity contribution in [1.29, 1.82) is 0 Å². The van der Waals surface area contributed by atoms with Crippen molar-refractivity contribution in [3.8, 4) is 0 Å². The predicted molar refractivity (Wildman–Crippen MR) is 68.7 cm³/mol. The Morgan fingerprint density at radius 3 is 2.00 bits per heavy atom. The lowest BCUT2D eigenvalue weighted by Crippen LogP contribution is -2.31. The van der Waals surface area contributed by atoms with Crippen molar-refractivity contribution in [2.45, 2.75) is 57.8 Å². The maximum atomic E-state index is 11.4. The normalized spacial score (nSPS) is 14.7. The van der Waals surface area contributed by atoms with Gasteiger partial charge in [0.15, 0.2) is 0 Å². The van der Waals surface area contributed by atoms with Crippen LogP contribution in [0.2, 0.25) is 0 Å². The number of imide groups is 1. The summed E-state index contributed by atoms with van der Waals surface area (Å²) in [4.78, 5) is 49.1. The van der Waals surface area contributed by atoms with Crippen molar-refractivity contribution in [2.75, 3.05) is 0 Å². The van der Waals surface area contributed by atoms with E-state index in [4.69, 9.17) is 10.6 Å². The number of nitrogens with two attached hydrogens (primary N) is 1. The van der Waals surface area contributed by atoms with E-state index in [1.54, 1.807) is 0 Å². The molecule has 1 fully saturated rings. The van der Waals surface area contributed by atoms with Crippen LogP contribution in [-0.2, 0) is 24.0 Å². The Hall–Kier alpha value is -1.92. The third-order valence-electron chi connectivity index (χ3n) is 3.00. The second-order valence-corrected chi connectivity index (χ2v) is 4.78. The first-order valence-electron chi connectivity index (χ1n) is 6.85. The van der Waals surface area contributed by atoms with Gasteiger partial charge in [-0.3, -0.25) is 14.4 Å². The smallest absolute Gasteiger partial charge is 0.333 e. The summed E-state index contributed by atoms with van der Waals surface area (Å²) in [5.74, 6) is -1.79. The lowest BCUT2D eigenvalue weighted by molar-refractivity contribution is -0.197. The van der Waals surface area contributed by atoms with Crippen LogP contribution in [0.3, 0.4) is 0 Å². The van der Waals surface area contributed by atoms with E-state index in [9.17, 15) is 19.2 Å². The number of amides is 3. The molecule has 2 N–H and O–H groups in total. The van der Waals surface area contributed by atoms with Crippen molar-refractivity contribution < 1.29 is 24.0 Å². The first-order chi connectivity index (χ1) is 9.50. The van der Waals surface area contributed by atoms with E-state index < -0.39 is 17.8 Å². The molecule has 7 nitrogen and oxygen atoms in total. The van der Waals surface area contributed by atoms with E-state index in [0.29, 0.717) is 17.9 Å². The van der Waals surface area contributed by atoms with Gasteiger partial charge in [-0.15, -0.1) is 5.06 Å². The van der Waals surface area contributed by atoms with Gasteiger partial charge >= 0.3 is 5.97 Å². The van der Waals surface area contributed by atoms with Gasteiger partial charge in [0.25, 0.3) is 11.8 Å². The highest BCUT2D eigenvalue weighted by Gasteiger charge is 2.32. The largest absolute Gasteiger partial charge is 0.370 e. The molecule has 1 aliphatic heterocycles. The number of rotatable bonds is 9. The molecule has 112 valence electrons. The van der Waals surface area contributed by atoms with E-state index >= 15 is 0 Å². The zero-order chi connectivity index (χ0) is 15.0. The second-order valence-electron chi connectivity index (χ2n) is 4.78. The molecule has 0 atom stereocenters. The zero-order valence-electron chi connectivity index (χ0n) is 11.4. The molecule has 1 rings (SSSR count). The van der Waals surface area contributed by atoms with Crippen LogP contribution in [0.25, 0.3) is 0 Å². The van der Waals surface area contributed by atoms with Crippen molar-refractivity contribution in [1.82, 2.24) is 5.06 Å². The molecule has 1 aliphatic rings. The van der Waals surface area contributed by atoms with E-state index in [-0.39, 0.29) is 25.2 Å². The maximum absolute atomic E-state index is 11.4. The Labute approximate surface area is 117 Å². The summed E-state index contributed by atoms with van der Waals surface area (Å²) in [6, 6.07) is 0. The fraction of sp³-hybridized carbons (Fsp3) is 0.692. The fourth-order valence-electron chi connectivity index (χ4n) is 1.90. The van der Waals surface area contributed by atoms with Crippen LogP contribution in [-0.4, -0.2) is 28.8 Å². The number of carbonyl (C=O) groups excluding carboxylic acids is 4. The Bertz CT molecular complexity index is 378. The summed E-state index contributed by atoms with van der Waals surface area (Å²) in [7, 11) is 0. The SMILES string of the molecule is NC(=O)CCCCCCCC(=O)ON1C(=O)CCC1=O. The number of hydrogen-bond acceptors (Lipinski definition) is 5. The highest BCUT2D eigenvalue weighted by Crippen LogP contribution is 2.14. The number of carbonyl (C=O) groups is 4. The molecule has 0 aromatic rings. The number of nitrogens with zero attached hydrogens (tertiary/aromatic N) is 1. The van der Waals surface area contributed by atoms with Crippen LogP contribution in [0.15, 0.2) is 0 Å². The summed E-state index contributed by atoms with van der Waals surface area (Å²) < 4.78 is 0. The van der Waals surface area contributed by atoms with E-state index in [1.165, 1.54) is 0 Å². The van der Waals surface area contributed by atoms with Gasteiger partial charge in [0.1, 0.15) is 0 Å². The van der Waals surface area contributed by atoms with Gasteiger partial charge in [-0.2, -0.15) is 0 Å². The molecule has 0 spiro atoms. The quantitative estimate of drug-likeness (QED) is 0.498. The molecular formula is C13H20N2O5. The van der Waals surface area contributed by atoms with Gasteiger partial charge in [0.05, 0.1) is 0 Å². The summed E-state index contributed by atoms with van der Waals surface area (Å²) in [6.45, 7) is 0. The maximum Gasteiger partial charge on any atom is 0.333 e. The van der Waals surface area contributed by atoms with Gasteiger partial charge in [-0.25, -0.2) is 4.79 Å². The first-order valence-corrected chi connectivity index (χ1v) is 6.85. The molecule has 0 radical (unpaired) electrons. The summed E-state index contributed by atoms with van der Waals surface area (Å²) >= 11 is 0. The number of hydrogen-bond donors (Lipinski definition) is 1. The predicted octanol–water partition coefficient (Wildman–Crippen LogP) is 0.810. The van der Waals surface area contributed by atoms with Crippen LogP contribution in [0.4, 0.5) is 0 Å². The van der Waals surface area contributed by atoms with E-state index in [0.717, 1.165) is 25.7 Å². The second kappa shape index (κ2) is 8.29. The summed E-state index contributed by atoms with van der Waals surface area (Å²) in [5, 5.41) is 0.565. The molecule has 0 aromatic carbocycles. The highest BCUT2D eigenvalue weighted by atomic mass is 16.7. The molecule has 0 saturated carbocycles. The van der Waals surface area contributed by atoms with Crippen molar-refractivity contribution in [3.63, 3.8) is 0 Å². The van der Waals surface area contributed by atoms with Crippen LogP contribution in [0.1, 0.15) is 57.8 Å². The summed E-state index contributed by atoms with van der Waals surface area (Å²) in [5.41, 5.74) is 5.01. The van der Waals surface area contributed by atoms with Crippen LogP contribution < -0.4 is 5.73 Å². The zero-order valence-corrected chi connectivity index (χ0v) is 11.4. The third kappa shape index (κ3) is 5.81. The lowest BCUT2D eigenvalue weighted by atomic mass is 10.1. The molecule has 0 aliphatic carbocycles. The Morgan fingerprint density at radius 2 is 1.45 bits per heavy atom. The lowest BCUT2D eigenvalue weighted by Gasteiger charge is -2.12. The van der Waals surface area contributed by atoms with E-state index in [1.807, 2.05) is 0 Å². The first kappa shape index (κ1) is 16.1. The van der Waals surface area contributed by atoms with Gasteiger partial charge in [-0.1, -0.05) is 19.3 Å².